The van der Waals surface area contributed by atoms with Crippen LogP contribution in [0.5, 0.6) is 0 Å². The van der Waals surface area contributed by atoms with E-state index in [2.05, 4.69) is 17.6 Å². The molecule has 0 spiro atoms. The lowest BCUT2D eigenvalue weighted by Gasteiger charge is -2.32. The smallest absolute Gasteiger partial charge is 0.237 e. The summed E-state index contributed by atoms with van der Waals surface area (Å²) < 4.78 is 0. The maximum atomic E-state index is 12.3. The third-order valence-corrected chi connectivity index (χ3v) is 4.32. The van der Waals surface area contributed by atoms with E-state index in [0.717, 1.165) is 6.42 Å². The molecule has 2 N–H and O–H groups in total. The van der Waals surface area contributed by atoms with Crippen molar-refractivity contribution in [2.24, 2.45) is 5.92 Å². The highest BCUT2D eigenvalue weighted by Gasteiger charge is 2.26. The van der Waals surface area contributed by atoms with E-state index in [9.17, 15) is 9.59 Å². The SMILES string of the molecule is CC(C)NC(=O)CN(C)[C@H](C)C(=O)N[C@H]1CCCC[C@@H]1C. The van der Waals surface area contributed by atoms with Crippen LogP contribution in [-0.2, 0) is 9.59 Å². The molecule has 0 saturated heterocycles. The van der Waals surface area contributed by atoms with Crippen molar-refractivity contribution in [3.05, 3.63) is 0 Å². The van der Waals surface area contributed by atoms with Gasteiger partial charge in [0.2, 0.25) is 11.8 Å². The van der Waals surface area contributed by atoms with E-state index in [1.165, 1.54) is 19.3 Å². The molecule has 2 amide bonds. The number of carbonyl (C=O) groups is 2. The summed E-state index contributed by atoms with van der Waals surface area (Å²) in [5, 5.41) is 5.99. The summed E-state index contributed by atoms with van der Waals surface area (Å²) in [4.78, 5) is 25.9. The van der Waals surface area contributed by atoms with Crippen LogP contribution in [0.1, 0.15) is 53.4 Å². The largest absolute Gasteiger partial charge is 0.353 e. The van der Waals surface area contributed by atoms with E-state index in [0.29, 0.717) is 5.92 Å². The van der Waals surface area contributed by atoms with Gasteiger partial charge in [0, 0.05) is 12.1 Å². The van der Waals surface area contributed by atoms with Crippen molar-refractivity contribution in [2.45, 2.75) is 71.5 Å². The number of nitrogens with zero attached hydrogens (tertiary/aromatic N) is 1. The van der Waals surface area contributed by atoms with Crippen molar-refractivity contribution in [1.29, 1.82) is 0 Å². The van der Waals surface area contributed by atoms with Gasteiger partial charge in [-0.1, -0.05) is 19.8 Å². The molecule has 1 aliphatic carbocycles. The van der Waals surface area contributed by atoms with Gasteiger partial charge in [-0.3, -0.25) is 14.5 Å². The minimum atomic E-state index is -0.294. The molecule has 1 aliphatic rings. The van der Waals surface area contributed by atoms with Gasteiger partial charge in [-0.2, -0.15) is 0 Å². The average Bonchev–Trinajstić information content (AvgIpc) is 2.39. The Labute approximate surface area is 128 Å². The van der Waals surface area contributed by atoms with Gasteiger partial charge in [0.05, 0.1) is 12.6 Å². The number of likely N-dealkylation sites (N-methyl/N-ethyl adjacent to an activating group) is 1. The van der Waals surface area contributed by atoms with Gasteiger partial charge in [-0.15, -0.1) is 0 Å². The Morgan fingerprint density at radius 1 is 1.19 bits per heavy atom. The molecule has 122 valence electrons. The molecule has 1 saturated carbocycles. The van der Waals surface area contributed by atoms with Gasteiger partial charge in [-0.05, 0) is 46.6 Å². The van der Waals surface area contributed by atoms with Crippen LogP contribution in [0.4, 0.5) is 0 Å². The van der Waals surface area contributed by atoms with Crippen molar-refractivity contribution in [3.63, 3.8) is 0 Å². The van der Waals surface area contributed by atoms with E-state index in [1.54, 1.807) is 4.90 Å². The second kappa shape index (κ2) is 8.37. The summed E-state index contributed by atoms with van der Waals surface area (Å²) >= 11 is 0. The van der Waals surface area contributed by atoms with Crippen LogP contribution < -0.4 is 10.6 Å². The summed E-state index contributed by atoms with van der Waals surface area (Å²) in [5.41, 5.74) is 0. The molecule has 0 aromatic rings. The van der Waals surface area contributed by atoms with Crippen molar-refractivity contribution in [3.8, 4) is 0 Å². The molecule has 0 aromatic heterocycles. The fourth-order valence-electron chi connectivity index (χ4n) is 2.77. The molecular weight excluding hydrogens is 266 g/mol. The molecule has 0 heterocycles. The van der Waals surface area contributed by atoms with E-state index >= 15 is 0 Å². The van der Waals surface area contributed by atoms with Gasteiger partial charge >= 0.3 is 0 Å². The second-order valence-corrected chi connectivity index (χ2v) is 6.69. The van der Waals surface area contributed by atoms with Crippen molar-refractivity contribution < 1.29 is 9.59 Å². The number of nitrogens with one attached hydrogen (secondary N) is 2. The first kappa shape index (κ1) is 18.0. The first-order valence-corrected chi connectivity index (χ1v) is 8.11. The van der Waals surface area contributed by atoms with Crippen molar-refractivity contribution in [2.75, 3.05) is 13.6 Å². The van der Waals surface area contributed by atoms with Gasteiger partial charge in [0.15, 0.2) is 0 Å². The first-order valence-electron chi connectivity index (χ1n) is 8.11. The monoisotopic (exact) mass is 297 g/mol. The van der Waals surface area contributed by atoms with Crippen molar-refractivity contribution in [1.82, 2.24) is 15.5 Å². The number of rotatable bonds is 6. The highest BCUT2D eigenvalue weighted by Crippen LogP contribution is 2.23. The Morgan fingerprint density at radius 2 is 1.81 bits per heavy atom. The molecule has 0 aromatic carbocycles. The highest BCUT2D eigenvalue weighted by molar-refractivity contribution is 5.83. The maximum Gasteiger partial charge on any atom is 0.237 e. The molecule has 5 heteroatoms. The Balaban J connectivity index is 2.43. The predicted molar refractivity (Wildman–Crippen MR) is 84.9 cm³/mol. The summed E-state index contributed by atoms with van der Waals surface area (Å²) in [6, 6.07) is 0.113. The Kier molecular flexibility index (Phi) is 7.15. The standard InChI is InChI=1S/C16H31N3O2/c1-11(2)17-15(20)10-19(5)13(4)16(21)18-14-9-7-6-8-12(14)3/h11-14H,6-10H2,1-5H3,(H,17,20)(H,18,21)/t12-,13+,14-/m0/s1. The minimum Gasteiger partial charge on any atom is -0.353 e. The van der Waals surface area contributed by atoms with Gasteiger partial charge < -0.3 is 10.6 Å². The zero-order valence-electron chi connectivity index (χ0n) is 14.1. The second-order valence-electron chi connectivity index (χ2n) is 6.69. The van der Waals surface area contributed by atoms with Gasteiger partial charge in [-0.25, -0.2) is 0 Å². The summed E-state index contributed by atoms with van der Waals surface area (Å²) in [5.74, 6) is 0.524. The molecule has 3 atom stereocenters. The number of amides is 2. The zero-order valence-corrected chi connectivity index (χ0v) is 14.1. The van der Waals surface area contributed by atoms with E-state index in [4.69, 9.17) is 0 Å². The third-order valence-electron chi connectivity index (χ3n) is 4.32. The average molecular weight is 297 g/mol. The fourth-order valence-corrected chi connectivity index (χ4v) is 2.77. The summed E-state index contributed by atoms with van der Waals surface area (Å²) in [6.07, 6.45) is 4.71. The molecular formula is C16H31N3O2. The van der Waals surface area contributed by atoms with Crippen LogP contribution in [0.25, 0.3) is 0 Å². The lowest BCUT2D eigenvalue weighted by Crippen LogP contribution is -2.51. The van der Waals surface area contributed by atoms with Crippen LogP contribution >= 0.6 is 0 Å². The number of hydrogen-bond acceptors (Lipinski definition) is 3. The van der Waals surface area contributed by atoms with E-state index in [-0.39, 0.29) is 36.5 Å². The highest BCUT2D eigenvalue weighted by atomic mass is 16.2. The lowest BCUT2D eigenvalue weighted by molar-refractivity contribution is -0.128. The molecule has 0 bridgehead atoms. The van der Waals surface area contributed by atoms with Crippen LogP contribution in [0.2, 0.25) is 0 Å². The lowest BCUT2D eigenvalue weighted by atomic mass is 9.86. The van der Waals surface area contributed by atoms with Crippen LogP contribution in [0.3, 0.4) is 0 Å². The van der Waals surface area contributed by atoms with Crippen LogP contribution in [0.15, 0.2) is 0 Å². The first-order chi connectivity index (χ1) is 9.81. The molecule has 0 radical (unpaired) electrons. The third kappa shape index (κ3) is 6.04. The predicted octanol–water partition coefficient (Wildman–Crippen LogP) is 1.53. The molecule has 1 rings (SSSR count). The number of carbonyl (C=O) groups excluding carboxylic acids is 2. The molecule has 5 nitrogen and oxygen atoms in total. The molecule has 0 unspecified atom stereocenters. The maximum absolute atomic E-state index is 12.3. The minimum absolute atomic E-state index is 0.0218. The van der Waals surface area contributed by atoms with Crippen molar-refractivity contribution >= 4 is 11.8 Å². The summed E-state index contributed by atoms with van der Waals surface area (Å²) in [7, 11) is 1.81. The topological polar surface area (TPSA) is 61.4 Å². The van der Waals surface area contributed by atoms with Crippen LogP contribution in [-0.4, -0.2) is 48.4 Å². The fraction of sp³-hybridized carbons (Fsp3) is 0.875. The Morgan fingerprint density at radius 3 is 2.38 bits per heavy atom. The van der Waals surface area contributed by atoms with E-state index in [1.807, 2.05) is 27.8 Å². The number of hydrogen-bond donors (Lipinski definition) is 2. The Bertz CT molecular complexity index is 357. The van der Waals surface area contributed by atoms with Gasteiger partial charge in [0.25, 0.3) is 0 Å². The van der Waals surface area contributed by atoms with E-state index < -0.39 is 0 Å². The van der Waals surface area contributed by atoms with Crippen LogP contribution in [0, 0.1) is 5.92 Å². The Hall–Kier alpha value is -1.10. The normalized spacial score (nSPS) is 24.0. The zero-order chi connectivity index (χ0) is 16.0. The van der Waals surface area contributed by atoms with Gasteiger partial charge in [0.1, 0.15) is 0 Å². The quantitative estimate of drug-likeness (QED) is 0.781. The molecule has 21 heavy (non-hydrogen) atoms. The molecule has 0 aliphatic heterocycles. The summed E-state index contributed by atoms with van der Waals surface area (Å²) in [6.45, 7) is 8.16. The molecule has 1 fully saturated rings.